The van der Waals surface area contributed by atoms with Crippen LogP contribution in [0.15, 0.2) is 0 Å². The van der Waals surface area contributed by atoms with Gasteiger partial charge in [-0.05, 0) is 81.0 Å². The van der Waals surface area contributed by atoms with Crippen molar-refractivity contribution >= 4 is 0 Å². The topological polar surface area (TPSA) is 28.7 Å². The number of aromatic nitrogens is 2. The monoisotopic (exact) mass is 270 g/mol. The number of imidazole rings is 1. The normalized spacial score (nSPS) is 45.6. The van der Waals surface area contributed by atoms with Gasteiger partial charge in [0, 0.05) is 11.6 Å². The number of nitrogens with zero attached hydrogens (tertiary/aromatic N) is 1. The van der Waals surface area contributed by atoms with Crippen LogP contribution in [-0.4, -0.2) is 9.97 Å². The maximum Gasteiger partial charge on any atom is 0.110 e. The number of nitrogens with one attached hydrogen (secondary N) is 1. The van der Waals surface area contributed by atoms with Crippen LogP contribution in [0.4, 0.5) is 0 Å². The molecule has 4 fully saturated rings. The average molecular weight is 270 g/mol. The molecule has 0 amide bonds. The van der Waals surface area contributed by atoms with Crippen LogP contribution in [0.2, 0.25) is 0 Å². The second-order valence-corrected chi connectivity index (χ2v) is 8.35. The summed E-state index contributed by atoms with van der Waals surface area (Å²) in [6, 6.07) is 0. The van der Waals surface area contributed by atoms with E-state index in [0.717, 1.165) is 35.5 Å². The highest BCUT2D eigenvalue weighted by Gasteiger charge is 2.49. The minimum absolute atomic E-state index is 0.781. The van der Waals surface area contributed by atoms with Gasteiger partial charge in [-0.15, -0.1) is 0 Å². The van der Waals surface area contributed by atoms with Crippen molar-refractivity contribution in [3.63, 3.8) is 0 Å². The Morgan fingerprint density at radius 2 is 1.70 bits per heavy atom. The summed E-state index contributed by atoms with van der Waals surface area (Å²) in [7, 11) is 0. The molecular weight excluding hydrogens is 244 g/mol. The number of rotatable bonds is 1. The summed E-state index contributed by atoms with van der Waals surface area (Å²) in [5, 5.41) is 0. The van der Waals surface area contributed by atoms with E-state index >= 15 is 0 Å². The Balaban J connectivity index is 1.48. The van der Waals surface area contributed by atoms with Gasteiger partial charge < -0.3 is 4.98 Å². The molecule has 1 unspecified atom stereocenters. The van der Waals surface area contributed by atoms with E-state index in [2.05, 4.69) is 11.9 Å². The van der Waals surface area contributed by atoms with Gasteiger partial charge in [0.05, 0.1) is 5.69 Å². The predicted molar refractivity (Wildman–Crippen MR) is 79.6 cm³/mol. The van der Waals surface area contributed by atoms with Crippen molar-refractivity contribution in [1.29, 1.82) is 0 Å². The van der Waals surface area contributed by atoms with Gasteiger partial charge in [-0.25, -0.2) is 4.98 Å². The number of hydrogen-bond donors (Lipinski definition) is 1. The summed E-state index contributed by atoms with van der Waals surface area (Å²) < 4.78 is 0. The standard InChI is InChI=1S/C18H26N2/c1-10-2-3-15-16(4-10)20-18(19-15)17-13-6-11-5-12(8-13)9-14(17)7-11/h10-14,17H,2-9H2,1H3,(H,19,20). The third-order valence-electron chi connectivity index (χ3n) is 6.85. The number of H-pyrrole nitrogens is 1. The van der Waals surface area contributed by atoms with E-state index in [9.17, 15) is 0 Å². The fourth-order valence-electron chi connectivity index (χ4n) is 6.21. The first kappa shape index (κ1) is 11.8. The summed E-state index contributed by atoms with van der Waals surface area (Å²) in [4.78, 5) is 8.86. The molecule has 5 aliphatic carbocycles. The van der Waals surface area contributed by atoms with Crippen LogP contribution < -0.4 is 0 Å². The molecule has 1 aromatic heterocycles. The van der Waals surface area contributed by atoms with E-state index in [1.165, 1.54) is 62.2 Å². The zero-order valence-electron chi connectivity index (χ0n) is 12.6. The van der Waals surface area contributed by atoms with E-state index in [1.807, 2.05) is 0 Å². The maximum atomic E-state index is 5.08. The lowest BCUT2D eigenvalue weighted by molar-refractivity contribution is -0.00543. The van der Waals surface area contributed by atoms with Crippen LogP contribution in [0.1, 0.15) is 68.6 Å². The highest BCUT2D eigenvalue weighted by atomic mass is 15.0. The highest BCUT2D eigenvalue weighted by Crippen LogP contribution is 2.59. The van der Waals surface area contributed by atoms with Gasteiger partial charge in [0.1, 0.15) is 5.82 Å². The van der Waals surface area contributed by atoms with Crippen molar-refractivity contribution in [3.8, 4) is 0 Å². The molecule has 0 aliphatic heterocycles. The fraction of sp³-hybridized carbons (Fsp3) is 0.833. The molecule has 2 nitrogen and oxygen atoms in total. The number of hydrogen-bond acceptors (Lipinski definition) is 1. The molecule has 20 heavy (non-hydrogen) atoms. The van der Waals surface area contributed by atoms with Crippen LogP contribution in [0.3, 0.4) is 0 Å². The first-order chi connectivity index (χ1) is 9.76. The van der Waals surface area contributed by atoms with Crippen LogP contribution in [0.5, 0.6) is 0 Å². The van der Waals surface area contributed by atoms with Crippen LogP contribution in [0.25, 0.3) is 0 Å². The Bertz CT molecular complexity index is 502. The molecule has 0 saturated heterocycles. The van der Waals surface area contributed by atoms with Crippen molar-refractivity contribution in [3.05, 3.63) is 17.2 Å². The summed E-state index contributed by atoms with van der Waals surface area (Å²) in [5.74, 6) is 7.06. The maximum absolute atomic E-state index is 5.08. The Morgan fingerprint density at radius 1 is 1.00 bits per heavy atom. The van der Waals surface area contributed by atoms with Crippen molar-refractivity contribution in [1.82, 2.24) is 9.97 Å². The molecule has 0 spiro atoms. The van der Waals surface area contributed by atoms with Crippen molar-refractivity contribution in [2.24, 2.45) is 29.6 Å². The van der Waals surface area contributed by atoms with E-state index in [1.54, 1.807) is 6.42 Å². The molecule has 0 aromatic carbocycles. The molecule has 4 bridgehead atoms. The second-order valence-electron chi connectivity index (χ2n) is 8.35. The lowest BCUT2D eigenvalue weighted by Gasteiger charge is -2.53. The van der Waals surface area contributed by atoms with Crippen LogP contribution in [-0.2, 0) is 12.8 Å². The quantitative estimate of drug-likeness (QED) is 0.818. The van der Waals surface area contributed by atoms with Gasteiger partial charge in [-0.1, -0.05) is 6.92 Å². The minimum Gasteiger partial charge on any atom is -0.345 e. The number of aryl methyl sites for hydroxylation is 1. The summed E-state index contributed by atoms with van der Waals surface area (Å²) in [5.41, 5.74) is 2.89. The second kappa shape index (κ2) is 4.11. The van der Waals surface area contributed by atoms with Gasteiger partial charge in [-0.3, -0.25) is 0 Å². The Labute approximate surface area is 121 Å². The molecular formula is C18H26N2. The third-order valence-corrected chi connectivity index (χ3v) is 6.85. The lowest BCUT2D eigenvalue weighted by Crippen LogP contribution is -2.44. The zero-order chi connectivity index (χ0) is 13.3. The molecule has 1 atom stereocenters. The van der Waals surface area contributed by atoms with Gasteiger partial charge in [-0.2, -0.15) is 0 Å². The van der Waals surface area contributed by atoms with Crippen molar-refractivity contribution in [2.75, 3.05) is 0 Å². The molecule has 1 N–H and O–H groups in total. The Hall–Kier alpha value is -0.790. The minimum atomic E-state index is 0.781. The highest BCUT2D eigenvalue weighted by molar-refractivity contribution is 5.22. The fourth-order valence-corrected chi connectivity index (χ4v) is 6.21. The van der Waals surface area contributed by atoms with Gasteiger partial charge >= 0.3 is 0 Å². The van der Waals surface area contributed by atoms with Crippen molar-refractivity contribution < 1.29 is 0 Å². The third kappa shape index (κ3) is 1.66. The zero-order valence-corrected chi connectivity index (χ0v) is 12.6. The largest absolute Gasteiger partial charge is 0.345 e. The van der Waals surface area contributed by atoms with Crippen LogP contribution in [0, 0.1) is 29.6 Å². The first-order valence-corrected chi connectivity index (χ1v) is 8.84. The summed E-state index contributed by atoms with van der Waals surface area (Å²) >= 11 is 0. The summed E-state index contributed by atoms with van der Waals surface area (Å²) in [6.07, 6.45) is 11.3. The Kier molecular flexibility index (Phi) is 2.43. The molecule has 5 aliphatic rings. The smallest absolute Gasteiger partial charge is 0.110 e. The van der Waals surface area contributed by atoms with Crippen molar-refractivity contribution in [2.45, 2.75) is 64.2 Å². The summed E-state index contributed by atoms with van der Waals surface area (Å²) in [6.45, 7) is 2.38. The van der Waals surface area contributed by atoms with Crippen LogP contribution >= 0.6 is 0 Å². The number of aromatic amines is 1. The van der Waals surface area contributed by atoms with E-state index in [-0.39, 0.29) is 0 Å². The van der Waals surface area contributed by atoms with Gasteiger partial charge in [0.2, 0.25) is 0 Å². The molecule has 4 saturated carbocycles. The van der Waals surface area contributed by atoms with Gasteiger partial charge in [0.15, 0.2) is 0 Å². The molecule has 108 valence electrons. The molecule has 0 radical (unpaired) electrons. The predicted octanol–water partition coefficient (Wildman–Crippen LogP) is 4.07. The molecule has 2 heteroatoms. The molecule has 1 heterocycles. The molecule has 1 aromatic rings. The lowest BCUT2D eigenvalue weighted by atomic mass is 9.52. The molecule has 6 rings (SSSR count). The Morgan fingerprint density at radius 3 is 2.40 bits per heavy atom. The average Bonchev–Trinajstić information content (AvgIpc) is 2.79. The van der Waals surface area contributed by atoms with E-state index < -0.39 is 0 Å². The van der Waals surface area contributed by atoms with E-state index in [0.29, 0.717) is 0 Å². The van der Waals surface area contributed by atoms with Gasteiger partial charge in [0.25, 0.3) is 0 Å². The first-order valence-electron chi connectivity index (χ1n) is 8.84. The number of fused-ring (bicyclic) bond motifs is 1. The SMILES string of the molecule is CC1CCc2nc(C3C4CC5CC(C4)CC3C5)[nH]c2C1. The van der Waals surface area contributed by atoms with E-state index in [4.69, 9.17) is 4.98 Å².